The largest absolute Gasteiger partial charge is 0.462 e. The maximum absolute atomic E-state index is 14.4. The summed E-state index contributed by atoms with van der Waals surface area (Å²) in [6.07, 6.45) is 0.830. The first-order valence-electron chi connectivity index (χ1n) is 22.4. The van der Waals surface area contributed by atoms with E-state index in [9.17, 15) is 24.0 Å². The average molecular weight is 910 g/mol. The van der Waals surface area contributed by atoms with Crippen LogP contribution in [0.3, 0.4) is 0 Å². The summed E-state index contributed by atoms with van der Waals surface area (Å²) in [6.45, 7) is 15.7. The summed E-state index contributed by atoms with van der Waals surface area (Å²) in [6, 6.07) is 6.07. The van der Waals surface area contributed by atoms with Gasteiger partial charge in [-0.05, 0) is 43.2 Å². The summed E-state index contributed by atoms with van der Waals surface area (Å²) < 4.78 is 35.0. The van der Waals surface area contributed by atoms with Gasteiger partial charge in [-0.25, -0.2) is 9.10 Å². The summed E-state index contributed by atoms with van der Waals surface area (Å²) in [5.74, 6) is -2.85. The molecule has 1 heterocycles. The fraction of sp³-hybridized carbons (Fsp3) is 0.761. The Morgan fingerprint density at radius 2 is 1.44 bits per heavy atom. The van der Waals surface area contributed by atoms with Crippen LogP contribution in [0.2, 0.25) is 0 Å². The number of carbonyl (C=O) groups excluding carboxylic acids is 5. The summed E-state index contributed by atoms with van der Waals surface area (Å²) in [5, 5.41) is 5.90. The number of nitrogens with one attached hydrogen (secondary N) is 2. The lowest BCUT2D eigenvalue weighted by atomic mass is 9.89. The number of thiol groups is 1. The average Bonchev–Trinajstić information content (AvgIpc) is 3.73. The molecule has 9 atom stereocenters. The molecule has 360 valence electrons. The van der Waals surface area contributed by atoms with Crippen molar-refractivity contribution in [1.29, 1.82) is 0 Å². The smallest absolute Gasteiger partial charge is 0.329 e. The zero-order valence-corrected chi connectivity index (χ0v) is 40.9. The molecule has 0 unspecified atom stereocenters. The molecule has 0 radical (unpaired) electrons. The first-order chi connectivity index (χ1) is 29.9. The van der Waals surface area contributed by atoms with E-state index < -0.39 is 60.2 Å². The quantitative estimate of drug-likeness (QED) is 0.0580. The van der Waals surface area contributed by atoms with Crippen molar-refractivity contribution in [3.63, 3.8) is 0 Å². The minimum Gasteiger partial charge on any atom is -0.462 e. The SMILES string of the molecule is CC[C@H](C)[C@@H]([C@@H](CC(=O)N1CCC[C@H]1[C@H](OC)[C@@H](C)C(=O)N[C@@H](Cc1ccccc1)C(=O)OCCOCCOCCOC)OC)N(C)C(=O)[C@@H](NC(=O)[C@H](C(C)C)N(C)S)C(C)C. The second kappa shape index (κ2) is 29.3. The summed E-state index contributed by atoms with van der Waals surface area (Å²) in [4.78, 5) is 72.9. The lowest BCUT2D eigenvalue weighted by molar-refractivity contribution is -0.151. The second-order valence-corrected chi connectivity index (χ2v) is 17.8. The van der Waals surface area contributed by atoms with Gasteiger partial charge in [0.05, 0.1) is 69.7 Å². The maximum atomic E-state index is 14.4. The topological polar surface area (TPSA) is 175 Å². The Balaban J connectivity index is 2.23. The van der Waals surface area contributed by atoms with Gasteiger partial charge in [0.1, 0.15) is 24.7 Å². The zero-order valence-electron chi connectivity index (χ0n) is 40.0. The van der Waals surface area contributed by atoms with Gasteiger partial charge in [0.25, 0.3) is 0 Å². The Labute approximate surface area is 382 Å². The lowest BCUT2D eigenvalue weighted by Crippen LogP contribution is -2.59. The van der Waals surface area contributed by atoms with Crippen LogP contribution < -0.4 is 10.6 Å². The molecule has 2 N–H and O–H groups in total. The predicted molar refractivity (Wildman–Crippen MR) is 245 cm³/mol. The fourth-order valence-corrected chi connectivity index (χ4v) is 8.67. The van der Waals surface area contributed by atoms with Crippen molar-refractivity contribution >= 4 is 42.4 Å². The van der Waals surface area contributed by atoms with E-state index in [-0.39, 0.29) is 61.5 Å². The van der Waals surface area contributed by atoms with Gasteiger partial charge in [0.2, 0.25) is 23.6 Å². The number of ether oxygens (including phenoxy) is 6. The monoisotopic (exact) mass is 910 g/mol. The zero-order chi connectivity index (χ0) is 47.2. The third-order valence-electron chi connectivity index (χ3n) is 12.0. The fourth-order valence-electron chi connectivity index (χ4n) is 8.29. The molecule has 17 heteroatoms. The first-order valence-corrected chi connectivity index (χ1v) is 22.8. The van der Waals surface area contributed by atoms with Crippen molar-refractivity contribution < 1.29 is 52.4 Å². The van der Waals surface area contributed by atoms with Gasteiger partial charge in [-0.15, -0.1) is 0 Å². The summed E-state index contributed by atoms with van der Waals surface area (Å²) in [5.41, 5.74) is 0.842. The van der Waals surface area contributed by atoms with Crippen LogP contribution in [0.25, 0.3) is 0 Å². The first kappa shape index (κ1) is 55.8. The Morgan fingerprint density at radius 3 is 1.98 bits per heavy atom. The molecule has 2 rings (SSSR count). The molecule has 0 saturated carbocycles. The molecule has 1 aromatic carbocycles. The molecule has 1 fully saturated rings. The number of esters is 1. The molecule has 0 spiro atoms. The van der Waals surface area contributed by atoms with Crippen LogP contribution in [-0.4, -0.2) is 168 Å². The summed E-state index contributed by atoms with van der Waals surface area (Å²) in [7, 11) is 8.08. The van der Waals surface area contributed by atoms with E-state index in [4.69, 9.17) is 28.4 Å². The van der Waals surface area contributed by atoms with Crippen molar-refractivity contribution in [3.05, 3.63) is 35.9 Å². The molecular formula is C46H79N5O11S. The number of benzene rings is 1. The molecular weight excluding hydrogens is 831 g/mol. The van der Waals surface area contributed by atoms with Crippen molar-refractivity contribution in [2.24, 2.45) is 23.7 Å². The van der Waals surface area contributed by atoms with Crippen LogP contribution in [0.5, 0.6) is 0 Å². The van der Waals surface area contributed by atoms with Crippen molar-refractivity contribution in [3.8, 4) is 0 Å². The third-order valence-corrected chi connectivity index (χ3v) is 12.2. The Morgan fingerprint density at radius 1 is 0.825 bits per heavy atom. The van der Waals surface area contributed by atoms with Crippen LogP contribution in [0.4, 0.5) is 0 Å². The van der Waals surface area contributed by atoms with E-state index in [2.05, 4.69) is 23.4 Å². The number of likely N-dealkylation sites (tertiary alicyclic amines) is 1. The van der Waals surface area contributed by atoms with Gasteiger partial charge < -0.3 is 48.9 Å². The molecule has 1 saturated heterocycles. The number of methoxy groups -OCH3 is 3. The minimum absolute atomic E-state index is 0.000407. The van der Waals surface area contributed by atoms with Crippen LogP contribution in [0.15, 0.2) is 30.3 Å². The van der Waals surface area contributed by atoms with E-state index in [0.717, 1.165) is 5.56 Å². The van der Waals surface area contributed by atoms with E-state index in [1.165, 1.54) is 7.11 Å². The standard InChI is InChI=1S/C46H79N5O11S/c1-13-32(6)41(49(8)45(55)39(30(2)3)48-44(54)40(31(4)5)50(9)63)37(58-11)29-38(52)51-21-17-20-36(51)42(59-12)33(7)43(53)47-35(28-34-18-15-14-16-19-34)46(56)62-27-26-61-25-24-60-23-22-57-10/h14-16,18-19,30-33,35-37,39-42,63H,13,17,20-29H2,1-12H3,(H,47,53)(H,48,54)/t32-,33+,35-,36-,37+,39-,40-,41-,42+/m0/s1. The number of hydrogen-bond acceptors (Lipinski definition) is 13. The van der Waals surface area contributed by atoms with Crippen molar-refractivity contribution in [2.45, 2.75) is 123 Å². The van der Waals surface area contributed by atoms with Gasteiger partial charge in [-0.3, -0.25) is 19.2 Å². The van der Waals surface area contributed by atoms with Gasteiger partial charge in [0, 0.05) is 41.3 Å². The van der Waals surface area contributed by atoms with Gasteiger partial charge in [0.15, 0.2) is 0 Å². The number of hydrogen-bond donors (Lipinski definition) is 3. The van der Waals surface area contributed by atoms with Crippen molar-refractivity contribution in [1.82, 2.24) is 24.7 Å². The summed E-state index contributed by atoms with van der Waals surface area (Å²) >= 11 is 4.40. The molecule has 1 aliphatic heterocycles. The highest BCUT2D eigenvalue weighted by atomic mass is 32.1. The number of amides is 4. The van der Waals surface area contributed by atoms with Gasteiger partial charge in [-0.2, -0.15) is 0 Å². The Hall–Kier alpha value is -3.32. The number of rotatable bonds is 30. The minimum atomic E-state index is -0.984. The second-order valence-electron chi connectivity index (χ2n) is 17.2. The molecule has 1 aromatic rings. The highest BCUT2D eigenvalue weighted by molar-refractivity contribution is 7.77. The number of carbonyl (C=O) groups is 5. The van der Waals surface area contributed by atoms with E-state index in [0.29, 0.717) is 52.2 Å². The van der Waals surface area contributed by atoms with E-state index in [1.54, 1.807) is 49.3 Å². The normalized spacial score (nSPS) is 18.0. The van der Waals surface area contributed by atoms with Crippen LogP contribution in [-0.2, 0) is 58.8 Å². The Bertz CT molecular complexity index is 1510. The van der Waals surface area contributed by atoms with E-state index in [1.807, 2.05) is 71.9 Å². The van der Waals surface area contributed by atoms with Crippen LogP contribution >= 0.6 is 12.8 Å². The third kappa shape index (κ3) is 17.5. The predicted octanol–water partition coefficient (Wildman–Crippen LogP) is 3.80. The highest BCUT2D eigenvalue weighted by Crippen LogP contribution is 2.30. The molecule has 16 nitrogen and oxygen atoms in total. The Kier molecular flexibility index (Phi) is 25.9. The molecule has 1 aliphatic rings. The maximum Gasteiger partial charge on any atom is 0.329 e. The van der Waals surface area contributed by atoms with Gasteiger partial charge in [-0.1, -0.05) is 98.0 Å². The number of nitrogens with zero attached hydrogens (tertiary/aromatic N) is 3. The van der Waals surface area contributed by atoms with Gasteiger partial charge >= 0.3 is 5.97 Å². The molecule has 0 aromatic heterocycles. The molecule has 0 bridgehead atoms. The lowest BCUT2D eigenvalue weighted by Gasteiger charge is -2.41. The van der Waals surface area contributed by atoms with Crippen LogP contribution in [0.1, 0.15) is 79.7 Å². The van der Waals surface area contributed by atoms with Crippen LogP contribution in [0, 0.1) is 23.7 Å². The molecule has 63 heavy (non-hydrogen) atoms. The van der Waals surface area contributed by atoms with Crippen molar-refractivity contribution in [2.75, 3.05) is 81.6 Å². The molecule has 0 aliphatic carbocycles. The number of likely N-dealkylation sites (N-methyl/N-ethyl adjacent to an activating group) is 2. The van der Waals surface area contributed by atoms with E-state index >= 15 is 0 Å². The molecule has 4 amide bonds. The highest BCUT2D eigenvalue weighted by Gasteiger charge is 2.43.